The first-order valence-corrected chi connectivity index (χ1v) is 7.58. The van der Waals surface area contributed by atoms with Crippen LogP contribution in [-0.4, -0.2) is 22.5 Å². The molecule has 0 aliphatic rings. The monoisotopic (exact) mass is 348 g/mol. The first-order valence-electron chi connectivity index (χ1n) is 7.58. The van der Waals surface area contributed by atoms with Gasteiger partial charge in [-0.15, -0.1) is 0 Å². The average molecular weight is 348 g/mol. The number of hydrogen-bond acceptors (Lipinski definition) is 4. The number of nitrogens with zero attached hydrogens (tertiary/aromatic N) is 1. The molecule has 1 aromatic heterocycles. The van der Waals surface area contributed by atoms with E-state index in [1.165, 1.54) is 30.5 Å². The zero-order valence-electron chi connectivity index (χ0n) is 14.1. The van der Waals surface area contributed by atoms with Crippen LogP contribution in [-0.2, 0) is 11.3 Å². The minimum absolute atomic E-state index is 0.0340. The Bertz CT molecular complexity index is 784. The number of carbonyl (C=O) groups excluding carboxylic acids is 2. The fourth-order valence-electron chi connectivity index (χ4n) is 1.94. The van der Waals surface area contributed by atoms with Crippen molar-refractivity contribution in [3.8, 4) is 0 Å². The Hall–Kier alpha value is -2.83. The molecule has 2 rings (SSSR count). The molecule has 25 heavy (non-hydrogen) atoms. The molecule has 0 atom stereocenters. The number of carbonyl (C=O) groups is 2. The van der Waals surface area contributed by atoms with Crippen LogP contribution in [0.5, 0.6) is 0 Å². The summed E-state index contributed by atoms with van der Waals surface area (Å²) >= 11 is 0. The van der Waals surface area contributed by atoms with E-state index in [2.05, 4.69) is 10.3 Å². The maximum Gasteiger partial charge on any atom is 0.357 e. The molecule has 1 aromatic carbocycles. The summed E-state index contributed by atoms with van der Waals surface area (Å²) in [6, 6.07) is 6.51. The molecular formula is C18H18F2N2O3. The number of aromatic nitrogens is 1. The number of rotatable bonds is 4. The van der Waals surface area contributed by atoms with Crippen molar-refractivity contribution < 1.29 is 23.1 Å². The van der Waals surface area contributed by atoms with Crippen LogP contribution in [0, 0.1) is 11.6 Å². The third-order valence-electron chi connectivity index (χ3n) is 3.10. The van der Waals surface area contributed by atoms with E-state index in [-0.39, 0.29) is 23.4 Å². The standard InChI is InChI=1S/C18H18F2N2O3/c1-18(2,3)25-17(24)14-8-7-12(10-21-14)16(23)22-9-11-5-4-6-13(19)15(11)20/h4-8,10H,9H2,1-3H3,(H,22,23). The van der Waals surface area contributed by atoms with Crippen molar-refractivity contribution in [1.82, 2.24) is 10.3 Å². The summed E-state index contributed by atoms with van der Waals surface area (Å²) < 4.78 is 31.8. The van der Waals surface area contributed by atoms with Crippen LogP contribution in [0.4, 0.5) is 8.78 Å². The highest BCUT2D eigenvalue weighted by atomic mass is 19.2. The van der Waals surface area contributed by atoms with Gasteiger partial charge in [0.15, 0.2) is 11.6 Å². The summed E-state index contributed by atoms with van der Waals surface area (Å²) in [6.07, 6.45) is 1.22. The van der Waals surface area contributed by atoms with Crippen molar-refractivity contribution in [2.45, 2.75) is 32.9 Å². The summed E-state index contributed by atoms with van der Waals surface area (Å²) in [6.45, 7) is 5.03. The van der Waals surface area contributed by atoms with Gasteiger partial charge in [-0.3, -0.25) is 4.79 Å². The highest BCUT2D eigenvalue weighted by Gasteiger charge is 2.19. The summed E-state index contributed by atoms with van der Waals surface area (Å²) in [5.41, 5.74) is -0.359. The Morgan fingerprint density at radius 2 is 1.88 bits per heavy atom. The Labute approximate surface area is 144 Å². The Balaban J connectivity index is 2.01. The molecule has 0 saturated heterocycles. The van der Waals surface area contributed by atoms with E-state index in [0.717, 1.165) is 6.07 Å². The number of halogens is 2. The van der Waals surface area contributed by atoms with E-state index >= 15 is 0 Å². The number of nitrogens with one attached hydrogen (secondary N) is 1. The predicted octanol–water partition coefficient (Wildman–Crippen LogP) is 3.25. The molecule has 0 unspecified atom stereocenters. The van der Waals surface area contributed by atoms with Crippen molar-refractivity contribution in [2.75, 3.05) is 0 Å². The van der Waals surface area contributed by atoms with E-state index < -0.39 is 29.1 Å². The highest BCUT2D eigenvalue weighted by molar-refractivity contribution is 5.95. The Morgan fingerprint density at radius 1 is 1.16 bits per heavy atom. The molecule has 0 saturated carbocycles. The lowest BCUT2D eigenvalue weighted by atomic mass is 10.2. The SMILES string of the molecule is CC(C)(C)OC(=O)c1ccc(C(=O)NCc2cccc(F)c2F)cn1. The van der Waals surface area contributed by atoms with E-state index in [9.17, 15) is 18.4 Å². The van der Waals surface area contributed by atoms with E-state index in [1.54, 1.807) is 20.8 Å². The molecule has 2 aromatic rings. The number of pyridine rings is 1. The Morgan fingerprint density at radius 3 is 2.48 bits per heavy atom. The van der Waals surface area contributed by atoms with Crippen LogP contribution in [0.25, 0.3) is 0 Å². The van der Waals surface area contributed by atoms with Gasteiger partial charge in [-0.1, -0.05) is 12.1 Å². The van der Waals surface area contributed by atoms with Gasteiger partial charge in [0.2, 0.25) is 0 Å². The van der Waals surface area contributed by atoms with Gasteiger partial charge in [0.1, 0.15) is 11.3 Å². The van der Waals surface area contributed by atoms with Gasteiger partial charge in [0, 0.05) is 18.3 Å². The van der Waals surface area contributed by atoms with Crippen molar-refractivity contribution in [3.63, 3.8) is 0 Å². The molecule has 1 amide bonds. The fraction of sp³-hybridized carbons (Fsp3) is 0.278. The third kappa shape index (κ3) is 5.07. The molecule has 0 aliphatic carbocycles. The number of amides is 1. The molecular weight excluding hydrogens is 330 g/mol. The molecule has 0 spiro atoms. The summed E-state index contributed by atoms with van der Waals surface area (Å²) in [5, 5.41) is 2.47. The second-order valence-corrected chi connectivity index (χ2v) is 6.33. The van der Waals surface area contributed by atoms with Gasteiger partial charge in [-0.2, -0.15) is 0 Å². The number of benzene rings is 1. The molecule has 5 nitrogen and oxygen atoms in total. The van der Waals surface area contributed by atoms with Gasteiger partial charge in [-0.05, 0) is 39.0 Å². The number of hydrogen-bond donors (Lipinski definition) is 1. The summed E-state index contributed by atoms with van der Waals surface area (Å²) in [5.74, 6) is -3.09. The molecule has 0 fully saturated rings. The van der Waals surface area contributed by atoms with Gasteiger partial charge < -0.3 is 10.1 Å². The van der Waals surface area contributed by atoms with E-state index in [4.69, 9.17) is 4.74 Å². The van der Waals surface area contributed by atoms with E-state index in [0.29, 0.717) is 0 Å². The van der Waals surface area contributed by atoms with Crippen LogP contribution >= 0.6 is 0 Å². The molecule has 0 radical (unpaired) electrons. The quantitative estimate of drug-likeness (QED) is 0.861. The van der Waals surface area contributed by atoms with Crippen LogP contribution in [0.15, 0.2) is 36.5 Å². The fourth-order valence-corrected chi connectivity index (χ4v) is 1.94. The van der Waals surface area contributed by atoms with Crippen LogP contribution in [0.2, 0.25) is 0 Å². The van der Waals surface area contributed by atoms with Crippen molar-refractivity contribution in [2.24, 2.45) is 0 Å². The molecule has 132 valence electrons. The largest absolute Gasteiger partial charge is 0.455 e. The van der Waals surface area contributed by atoms with Crippen molar-refractivity contribution >= 4 is 11.9 Å². The number of ether oxygens (including phenoxy) is 1. The van der Waals surface area contributed by atoms with Gasteiger partial charge in [0.05, 0.1) is 5.56 Å². The zero-order valence-corrected chi connectivity index (χ0v) is 14.1. The van der Waals surface area contributed by atoms with Crippen LogP contribution < -0.4 is 5.32 Å². The third-order valence-corrected chi connectivity index (χ3v) is 3.10. The average Bonchev–Trinajstić information content (AvgIpc) is 2.54. The zero-order chi connectivity index (χ0) is 18.6. The summed E-state index contributed by atoms with van der Waals surface area (Å²) in [4.78, 5) is 27.8. The second-order valence-electron chi connectivity index (χ2n) is 6.33. The summed E-state index contributed by atoms with van der Waals surface area (Å²) in [7, 11) is 0. The van der Waals surface area contributed by atoms with Gasteiger partial charge >= 0.3 is 5.97 Å². The molecule has 7 heteroatoms. The molecule has 0 bridgehead atoms. The first-order chi connectivity index (χ1) is 11.7. The molecule has 1 N–H and O–H groups in total. The van der Waals surface area contributed by atoms with Gasteiger partial charge in [-0.25, -0.2) is 18.6 Å². The highest BCUT2D eigenvalue weighted by Crippen LogP contribution is 2.12. The lowest BCUT2D eigenvalue weighted by Gasteiger charge is -2.19. The molecule has 0 aliphatic heterocycles. The van der Waals surface area contributed by atoms with Crippen molar-refractivity contribution in [3.05, 3.63) is 65.0 Å². The minimum atomic E-state index is -0.999. The topological polar surface area (TPSA) is 68.3 Å². The predicted molar refractivity (Wildman–Crippen MR) is 86.9 cm³/mol. The number of esters is 1. The van der Waals surface area contributed by atoms with E-state index in [1.807, 2.05) is 0 Å². The normalized spacial score (nSPS) is 11.1. The van der Waals surface area contributed by atoms with Gasteiger partial charge in [0.25, 0.3) is 5.91 Å². The lowest BCUT2D eigenvalue weighted by molar-refractivity contribution is 0.00626. The minimum Gasteiger partial charge on any atom is -0.455 e. The molecule has 1 heterocycles. The first kappa shape index (κ1) is 18.5. The van der Waals surface area contributed by atoms with Crippen LogP contribution in [0.1, 0.15) is 47.2 Å². The van der Waals surface area contributed by atoms with Crippen molar-refractivity contribution in [1.29, 1.82) is 0 Å². The second kappa shape index (κ2) is 7.38. The Kier molecular flexibility index (Phi) is 5.46. The maximum absolute atomic E-state index is 13.5. The maximum atomic E-state index is 13.5. The van der Waals surface area contributed by atoms with Crippen LogP contribution in [0.3, 0.4) is 0 Å². The smallest absolute Gasteiger partial charge is 0.357 e. The lowest BCUT2D eigenvalue weighted by Crippen LogP contribution is -2.25.